The molecular formula is C15H21N3. The molecule has 0 spiro atoms. The SMILES string of the molecule is CCNCc1cccc(-n2cncc2C(C)C)c1. The Bertz CT molecular complexity index is 500. The number of hydrogen-bond donors (Lipinski definition) is 1. The summed E-state index contributed by atoms with van der Waals surface area (Å²) < 4.78 is 2.17. The van der Waals surface area contributed by atoms with Gasteiger partial charge in [-0.3, -0.25) is 0 Å². The first-order valence-corrected chi connectivity index (χ1v) is 6.54. The van der Waals surface area contributed by atoms with Gasteiger partial charge in [-0.2, -0.15) is 0 Å². The predicted octanol–water partition coefficient (Wildman–Crippen LogP) is 3.11. The van der Waals surface area contributed by atoms with E-state index in [9.17, 15) is 0 Å². The van der Waals surface area contributed by atoms with Crippen LogP contribution in [-0.4, -0.2) is 16.1 Å². The average Bonchev–Trinajstić information content (AvgIpc) is 2.86. The summed E-state index contributed by atoms with van der Waals surface area (Å²) in [5.74, 6) is 0.477. The zero-order chi connectivity index (χ0) is 13.0. The number of nitrogens with zero attached hydrogens (tertiary/aromatic N) is 2. The minimum atomic E-state index is 0.477. The lowest BCUT2D eigenvalue weighted by molar-refractivity contribution is 0.725. The largest absolute Gasteiger partial charge is 0.313 e. The van der Waals surface area contributed by atoms with E-state index >= 15 is 0 Å². The van der Waals surface area contributed by atoms with Crippen LogP contribution in [0, 0.1) is 0 Å². The molecule has 0 saturated heterocycles. The van der Waals surface area contributed by atoms with Crippen LogP contribution >= 0.6 is 0 Å². The molecule has 0 unspecified atom stereocenters. The topological polar surface area (TPSA) is 29.9 Å². The lowest BCUT2D eigenvalue weighted by atomic mass is 10.1. The van der Waals surface area contributed by atoms with Gasteiger partial charge in [0, 0.05) is 24.1 Å². The molecule has 0 bridgehead atoms. The maximum atomic E-state index is 4.26. The monoisotopic (exact) mass is 243 g/mol. The highest BCUT2D eigenvalue weighted by molar-refractivity contribution is 5.37. The molecular weight excluding hydrogens is 222 g/mol. The fourth-order valence-corrected chi connectivity index (χ4v) is 2.03. The Labute approximate surface area is 109 Å². The summed E-state index contributed by atoms with van der Waals surface area (Å²) in [5, 5.41) is 3.35. The Morgan fingerprint density at radius 2 is 2.17 bits per heavy atom. The fourth-order valence-electron chi connectivity index (χ4n) is 2.03. The molecule has 0 aliphatic heterocycles. The summed E-state index contributed by atoms with van der Waals surface area (Å²) in [4.78, 5) is 4.26. The number of hydrogen-bond acceptors (Lipinski definition) is 2. The third-order valence-electron chi connectivity index (χ3n) is 3.03. The lowest BCUT2D eigenvalue weighted by Crippen LogP contribution is -2.12. The van der Waals surface area contributed by atoms with Crippen molar-refractivity contribution < 1.29 is 0 Å². The van der Waals surface area contributed by atoms with Gasteiger partial charge in [0.1, 0.15) is 0 Å². The first-order chi connectivity index (χ1) is 8.72. The van der Waals surface area contributed by atoms with Crippen LogP contribution in [0.3, 0.4) is 0 Å². The van der Waals surface area contributed by atoms with Crippen molar-refractivity contribution in [2.24, 2.45) is 0 Å². The van der Waals surface area contributed by atoms with E-state index in [1.54, 1.807) is 0 Å². The first-order valence-electron chi connectivity index (χ1n) is 6.54. The van der Waals surface area contributed by atoms with E-state index in [-0.39, 0.29) is 0 Å². The standard InChI is InChI=1S/C15H21N3/c1-4-16-9-13-6-5-7-14(8-13)18-11-17-10-15(18)12(2)3/h5-8,10-12,16H,4,9H2,1-3H3. The van der Waals surface area contributed by atoms with Gasteiger partial charge in [0.25, 0.3) is 0 Å². The zero-order valence-corrected chi connectivity index (χ0v) is 11.4. The van der Waals surface area contributed by atoms with Crippen LogP contribution in [0.25, 0.3) is 5.69 Å². The number of aromatic nitrogens is 2. The van der Waals surface area contributed by atoms with E-state index in [4.69, 9.17) is 0 Å². The highest BCUT2D eigenvalue weighted by Gasteiger charge is 2.08. The third-order valence-corrected chi connectivity index (χ3v) is 3.03. The number of nitrogens with one attached hydrogen (secondary N) is 1. The molecule has 1 N–H and O–H groups in total. The van der Waals surface area contributed by atoms with E-state index in [0.717, 1.165) is 13.1 Å². The van der Waals surface area contributed by atoms with Gasteiger partial charge in [-0.05, 0) is 30.2 Å². The second-order valence-electron chi connectivity index (χ2n) is 4.79. The summed E-state index contributed by atoms with van der Waals surface area (Å²) in [6.45, 7) is 8.41. The van der Waals surface area contributed by atoms with Crippen molar-refractivity contribution in [3.05, 3.63) is 48.0 Å². The molecule has 18 heavy (non-hydrogen) atoms. The normalized spacial score (nSPS) is 11.1. The van der Waals surface area contributed by atoms with Gasteiger partial charge in [-0.1, -0.05) is 32.9 Å². The van der Waals surface area contributed by atoms with Crippen LogP contribution in [0.15, 0.2) is 36.8 Å². The van der Waals surface area contributed by atoms with Crippen LogP contribution in [0.5, 0.6) is 0 Å². The van der Waals surface area contributed by atoms with Gasteiger partial charge in [-0.15, -0.1) is 0 Å². The minimum absolute atomic E-state index is 0.477. The molecule has 0 aliphatic carbocycles. The van der Waals surface area contributed by atoms with Crippen LogP contribution in [0.4, 0.5) is 0 Å². The summed E-state index contributed by atoms with van der Waals surface area (Å²) in [7, 11) is 0. The van der Waals surface area contributed by atoms with Crippen LogP contribution in [-0.2, 0) is 6.54 Å². The second kappa shape index (κ2) is 5.83. The fraction of sp³-hybridized carbons (Fsp3) is 0.400. The minimum Gasteiger partial charge on any atom is -0.313 e. The molecule has 3 nitrogen and oxygen atoms in total. The second-order valence-corrected chi connectivity index (χ2v) is 4.79. The third kappa shape index (κ3) is 2.79. The zero-order valence-electron chi connectivity index (χ0n) is 11.4. The van der Waals surface area contributed by atoms with Crippen molar-refractivity contribution in [2.75, 3.05) is 6.54 Å². The number of rotatable bonds is 5. The van der Waals surface area contributed by atoms with Gasteiger partial charge >= 0.3 is 0 Å². The average molecular weight is 243 g/mol. The van der Waals surface area contributed by atoms with Crippen LogP contribution in [0.1, 0.15) is 37.9 Å². The predicted molar refractivity (Wildman–Crippen MR) is 75.0 cm³/mol. The maximum Gasteiger partial charge on any atom is 0.0994 e. The van der Waals surface area contributed by atoms with E-state index in [1.165, 1.54) is 16.9 Å². The van der Waals surface area contributed by atoms with Crippen molar-refractivity contribution in [1.82, 2.24) is 14.9 Å². The summed E-state index contributed by atoms with van der Waals surface area (Å²) >= 11 is 0. The van der Waals surface area contributed by atoms with E-state index in [0.29, 0.717) is 5.92 Å². The van der Waals surface area contributed by atoms with E-state index < -0.39 is 0 Å². The Kier molecular flexibility index (Phi) is 4.15. The molecule has 0 fully saturated rings. The first kappa shape index (κ1) is 12.8. The lowest BCUT2D eigenvalue weighted by Gasteiger charge is -2.12. The van der Waals surface area contributed by atoms with Crippen LogP contribution in [0.2, 0.25) is 0 Å². The molecule has 0 radical (unpaired) electrons. The highest BCUT2D eigenvalue weighted by Crippen LogP contribution is 2.19. The van der Waals surface area contributed by atoms with Crippen molar-refractivity contribution in [3.63, 3.8) is 0 Å². The van der Waals surface area contributed by atoms with Gasteiger partial charge in [0.05, 0.1) is 6.33 Å². The molecule has 0 amide bonds. The summed E-state index contributed by atoms with van der Waals surface area (Å²) in [6, 6.07) is 8.60. The Balaban J connectivity index is 2.29. The Morgan fingerprint density at radius 1 is 1.33 bits per heavy atom. The van der Waals surface area contributed by atoms with Gasteiger partial charge in [0.2, 0.25) is 0 Å². The van der Waals surface area contributed by atoms with E-state index in [2.05, 4.69) is 59.9 Å². The molecule has 96 valence electrons. The van der Waals surface area contributed by atoms with Crippen molar-refractivity contribution >= 4 is 0 Å². The van der Waals surface area contributed by atoms with E-state index in [1.807, 2.05) is 12.5 Å². The Morgan fingerprint density at radius 3 is 2.89 bits per heavy atom. The molecule has 0 aliphatic rings. The molecule has 1 heterocycles. The smallest absolute Gasteiger partial charge is 0.0994 e. The van der Waals surface area contributed by atoms with Crippen molar-refractivity contribution in [3.8, 4) is 5.69 Å². The molecule has 1 aromatic heterocycles. The van der Waals surface area contributed by atoms with Gasteiger partial charge in [-0.25, -0.2) is 4.98 Å². The molecule has 0 saturated carbocycles. The molecule has 3 heteroatoms. The molecule has 2 rings (SSSR count). The van der Waals surface area contributed by atoms with Gasteiger partial charge in [0.15, 0.2) is 0 Å². The molecule has 0 atom stereocenters. The van der Waals surface area contributed by atoms with Gasteiger partial charge < -0.3 is 9.88 Å². The molecule has 1 aromatic carbocycles. The van der Waals surface area contributed by atoms with Crippen molar-refractivity contribution in [1.29, 1.82) is 0 Å². The van der Waals surface area contributed by atoms with Crippen molar-refractivity contribution in [2.45, 2.75) is 33.2 Å². The summed E-state index contributed by atoms with van der Waals surface area (Å²) in [6.07, 6.45) is 3.84. The quantitative estimate of drug-likeness (QED) is 0.874. The highest BCUT2D eigenvalue weighted by atomic mass is 15.1. The Hall–Kier alpha value is -1.61. The number of imidazole rings is 1. The molecule has 2 aromatic rings. The van der Waals surface area contributed by atoms with Crippen LogP contribution < -0.4 is 5.32 Å². The number of benzene rings is 1. The summed E-state index contributed by atoms with van der Waals surface area (Å²) in [5.41, 5.74) is 3.74. The maximum absolute atomic E-state index is 4.26.